The highest BCUT2D eigenvalue weighted by Gasteiger charge is 2.09. The topological polar surface area (TPSA) is 51.2 Å². The maximum absolute atomic E-state index is 12.1. The highest BCUT2D eigenvalue weighted by atomic mass is 32.2. The monoisotopic (exact) mass is 316 g/mol. The van der Waals surface area contributed by atoms with E-state index in [9.17, 15) is 8.78 Å². The molecule has 0 bridgehead atoms. The average molecular weight is 316 g/mol. The number of furan rings is 1. The van der Waals surface area contributed by atoms with Gasteiger partial charge in [0.1, 0.15) is 17.3 Å². The van der Waals surface area contributed by atoms with Crippen LogP contribution >= 0.6 is 11.8 Å². The molecule has 1 N–H and O–H groups in total. The zero-order chi connectivity index (χ0) is 15.2. The molecular weight excluding hydrogens is 298 g/mol. The van der Waals surface area contributed by atoms with Crippen molar-refractivity contribution >= 4 is 11.8 Å². The standard InChI is InChI=1S/C14H18F2N2O2S/c1-9-13(10(2)20-18-9)5-6-17-7-11-3-4-12(19-11)8-21-14(15)16/h3-4,14,17H,5-8H2,1-2H3. The molecule has 0 aliphatic carbocycles. The Hall–Kier alpha value is -1.34. The first-order chi connectivity index (χ1) is 10.1. The van der Waals surface area contributed by atoms with E-state index >= 15 is 0 Å². The molecule has 0 unspecified atom stereocenters. The predicted molar refractivity (Wildman–Crippen MR) is 77.4 cm³/mol. The Morgan fingerprint density at radius 3 is 2.71 bits per heavy atom. The molecule has 2 heterocycles. The number of alkyl halides is 2. The Morgan fingerprint density at radius 1 is 1.29 bits per heavy atom. The molecule has 2 aromatic rings. The zero-order valence-corrected chi connectivity index (χ0v) is 12.8. The molecule has 2 rings (SSSR count). The van der Waals surface area contributed by atoms with Crippen molar-refractivity contribution in [1.82, 2.24) is 10.5 Å². The quantitative estimate of drug-likeness (QED) is 0.753. The fourth-order valence-electron chi connectivity index (χ4n) is 2.02. The normalized spacial score (nSPS) is 11.5. The number of hydrogen-bond acceptors (Lipinski definition) is 5. The molecule has 21 heavy (non-hydrogen) atoms. The summed E-state index contributed by atoms with van der Waals surface area (Å²) >= 11 is 0.563. The summed E-state index contributed by atoms with van der Waals surface area (Å²) in [6, 6.07) is 3.55. The van der Waals surface area contributed by atoms with E-state index in [1.54, 1.807) is 6.07 Å². The molecule has 4 nitrogen and oxygen atoms in total. The van der Waals surface area contributed by atoms with Gasteiger partial charge in [0.25, 0.3) is 5.76 Å². The third-order valence-corrected chi connectivity index (χ3v) is 3.80. The second kappa shape index (κ2) is 7.61. The average Bonchev–Trinajstić information content (AvgIpc) is 3.01. The zero-order valence-electron chi connectivity index (χ0n) is 12.0. The van der Waals surface area contributed by atoms with Crippen LogP contribution in [0.15, 0.2) is 21.1 Å². The van der Waals surface area contributed by atoms with Gasteiger partial charge in [-0.05, 0) is 38.9 Å². The first-order valence-electron chi connectivity index (χ1n) is 6.66. The SMILES string of the molecule is Cc1noc(C)c1CCNCc1ccc(CSC(F)F)o1. The van der Waals surface area contributed by atoms with Gasteiger partial charge in [-0.1, -0.05) is 16.9 Å². The van der Waals surface area contributed by atoms with Crippen molar-refractivity contribution in [3.63, 3.8) is 0 Å². The number of aryl methyl sites for hydroxylation is 2. The number of aromatic nitrogens is 1. The lowest BCUT2D eigenvalue weighted by atomic mass is 10.1. The summed E-state index contributed by atoms with van der Waals surface area (Å²) in [6.45, 7) is 5.16. The van der Waals surface area contributed by atoms with Crippen LogP contribution in [0, 0.1) is 13.8 Å². The van der Waals surface area contributed by atoms with Crippen LogP contribution in [0.4, 0.5) is 8.78 Å². The Balaban J connectivity index is 1.71. The molecule has 0 fully saturated rings. The number of nitrogens with one attached hydrogen (secondary N) is 1. The lowest BCUT2D eigenvalue weighted by Gasteiger charge is -2.03. The Labute approximate surface area is 126 Å². The van der Waals surface area contributed by atoms with Crippen LogP contribution < -0.4 is 5.32 Å². The van der Waals surface area contributed by atoms with E-state index in [1.807, 2.05) is 19.9 Å². The van der Waals surface area contributed by atoms with Gasteiger partial charge in [-0.3, -0.25) is 0 Å². The molecule has 0 atom stereocenters. The largest absolute Gasteiger partial charge is 0.464 e. The summed E-state index contributed by atoms with van der Waals surface area (Å²) < 4.78 is 34.7. The van der Waals surface area contributed by atoms with E-state index in [2.05, 4.69) is 10.5 Å². The van der Waals surface area contributed by atoms with Gasteiger partial charge in [-0.15, -0.1) is 0 Å². The van der Waals surface area contributed by atoms with Crippen molar-refractivity contribution in [2.75, 3.05) is 6.54 Å². The molecule has 0 saturated carbocycles. The van der Waals surface area contributed by atoms with E-state index in [0.717, 1.165) is 35.7 Å². The van der Waals surface area contributed by atoms with Crippen molar-refractivity contribution in [3.05, 3.63) is 40.7 Å². The molecule has 0 amide bonds. The second-order valence-corrected chi connectivity index (χ2v) is 5.65. The van der Waals surface area contributed by atoms with Gasteiger partial charge in [-0.25, -0.2) is 0 Å². The fourth-order valence-corrected chi connectivity index (χ4v) is 2.47. The lowest BCUT2D eigenvalue weighted by Crippen LogP contribution is -2.16. The Morgan fingerprint density at radius 2 is 2.05 bits per heavy atom. The smallest absolute Gasteiger partial charge is 0.284 e. The highest BCUT2D eigenvalue weighted by Crippen LogP contribution is 2.21. The summed E-state index contributed by atoms with van der Waals surface area (Å²) in [7, 11) is 0. The maximum atomic E-state index is 12.1. The van der Waals surface area contributed by atoms with Gasteiger partial charge < -0.3 is 14.3 Å². The summed E-state index contributed by atoms with van der Waals surface area (Å²) in [6.07, 6.45) is 0.829. The summed E-state index contributed by atoms with van der Waals surface area (Å²) in [5.41, 5.74) is 2.04. The minimum absolute atomic E-state index is 0.191. The lowest BCUT2D eigenvalue weighted by molar-refractivity contribution is 0.251. The van der Waals surface area contributed by atoms with Crippen LogP contribution in [0.1, 0.15) is 28.5 Å². The Kier molecular flexibility index (Phi) is 5.81. The van der Waals surface area contributed by atoms with Gasteiger partial charge in [0, 0.05) is 5.56 Å². The van der Waals surface area contributed by atoms with Gasteiger partial charge in [0.2, 0.25) is 0 Å². The van der Waals surface area contributed by atoms with Crippen LogP contribution in [0.2, 0.25) is 0 Å². The maximum Gasteiger partial charge on any atom is 0.284 e. The first-order valence-corrected chi connectivity index (χ1v) is 7.71. The molecular formula is C14H18F2N2O2S. The second-order valence-electron chi connectivity index (χ2n) is 4.67. The van der Waals surface area contributed by atoms with E-state index in [4.69, 9.17) is 8.94 Å². The molecule has 0 spiro atoms. The van der Waals surface area contributed by atoms with Crippen LogP contribution in [0.3, 0.4) is 0 Å². The number of thioether (sulfide) groups is 1. The minimum atomic E-state index is -2.37. The van der Waals surface area contributed by atoms with Crippen molar-refractivity contribution < 1.29 is 17.7 Å². The van der Waals surface area contributed by atoms with Crippen molar-refractivity contribution in [3.8, 4) is 0 Å². The number of nitrogens with zero attached hydrogens (tertiary/aromatic N) is 1. The third-order valence-electron chi connectivity index (χ3n) is 3.10. The first kappa shape index (κ1) is 16.0. The van der Waals surface area contributed by atoms with Crippen LogP contribution in [0.5, 0.6) is 0 Å². The van der Waals surface area contributed by atoms with E-state index in [-0.39, 0.29) is 5.75 Å². The van der Waals surface area contributed by atoms with E-state index in [0.29, 0.717) is 24.1 Å². The van der Waals surface area contributed by atoms with Gasteiger partial charge in [0.05, 0.1) is 18.0 Å². The summed E-state index contributed by atoms with van der Waals surface area (Å²) in [4.78, 5) is 0. The van der Waals surface area contributed by atoms with E-state index < -0.39 is 5.76 Å². The summed E-state index contributed by atoms with van der Waals surface area (Å²) in [5, 5.41) is 7.16. The van der Waals surface area contributed by atoms with Crippen molar-refractivity contribution in [2.45, 2.75) is 38.3 Å². The molecule has 0 aliphatic heterocycles. The van der Waals surface area contributed by atoms with Crippen LogP contribution in [-0.4, -0.2) is 17.5 Å². The van der Waals surface area contributed by atoms with Crippen LogP contribution in [0.25, 0.3) is 0 Å². The molecule has 2 aromatic heterocycles. The predicted octanol–water partition coefficient (Wildman–Crippen LogP) is 3.67. The highest BCUT2D eigenvalue weighted by molar-refractivity contribution is 7.98. The third kappa shape index (κ3) is 4.86. The number of hydrogen-bond donors (Lipinski definition) is 1. The van der Waals surface area contributed by atoms with Crippen LogP contribution in [-0.2, 0) is 18.7 Å². The number of halogens is 2. The molecule has 7 heteroatoms. The van der Waals surface area contributed by atoms with E-state index in [1.165, 1.54) is 0 Å². The fraction of sp³-hybridized carbons (Fsp3) is 0.500. The van der Waals surface area contributed by atoms with Gasteiger partial charge in [0.15, 0.2) is 0 Å². The van der Waals surface area contributed by atoms with Gasteiger partial charge in [-0.2, -0.15) is 8.78 Å². The van der Waals surface area contributed by atoms with Gasteiger partial charge >= 0.3 is 0 Å². The summed E-state index contributed by atoms with van der Waals surface area (Å²) in [5.74, 6) is -0.0108. The molecule has 116 valence electrons. The number of rotatable bonds is 8. The molecule has 0 radical (unpaired) electrons. The molecule has 0 saturated heterocycles. The Bertz CT molecular complexity index is 550. The van der Waals surface area contributed by atoms with Crippen molar-refractivity contribution in [1.29, 1.82) is 0 Å². The minimum Gasteiger partial charge on any atom is -0.464 e. The molecule has 0 aliphatic rings. The molecule has 0 aromatic carbocycles. The van der Waals surface area contributed by atoms with Crippen molar-refractivity contribution in [2.24, 2.45) is 0 Å².